The minimum Gasteiger partial charge on any atom is -0.872 e. The maximum Gasteiger partial charge on any atom is 1.00 e. The molecule has 0 aliphatic rings. The van der Waals surface area contributed by atoms with Gasteiger partial charge in [-0.05, 0) is 31.0 Å². The van der Waals surface area contributed by atoms with Gasteiger partial charge in [-0.2, -0.15) is 8.42 Å². The van der Waals surface area contributed by atoms with Crippen molar-refractivity contribution >= 4 is 10.1 Å². The van der Waals surface area contributed by atoms with Crippen LogP contribution in [0.5, 0.6) is 17.2 Å². The molecule has 0 radical (unpaired) electrons. The van der Waals surface area contributed by atoms with E-state index in [4.69, 9.17) is 4.74 Å². The van der Waals surface area contributed by atoms with Gasteiger partial charge in [0.25, 0.3) is 10.1 Å². The second-order valence-electron chi connectivity index (χ2n) is 8.40. The fourth-order valence-corrected chi connectivity index (χ4v) is 4.80. The molecule has 0 saturated heterocycles. The summed E-state index contributed by atoms with van der Waals surface area (Å²) in [4.78, 5) is -0.561. The molecule has 0 unspecified atom stereocenters. The van der Waals surface area contributed by atoms with Crippen molar-refractivity contribution in [2.24, 2.45) is 0 Å². The van der Waals surface area contributed by atoms with Gasteiger partial charge in [-0.15, -0.1) is 0 Å². The first-order valence-corrected chi connectivity index (χ1v) is 13.4. The normalized spacial score (nSPS) is 11.2. The van der Waals surface area contributed by atoms with Gasteiger partial charge in [-0.3, -0.25) is 4.55 Å². The van der Waals surface area contributed by atoms with Gasteiger partial charge in [0.2, 0.25) is 0 Å². The molecule has 0 heterocycles. The molecular formula is C26H37KO5S. The monoisotopic (exact) mass is 500 g/mol. The molecule has 0 aromatic heterocycles. The second kappa shape index (κ2) is 17.1. The summed E-state index contributed by atoms with van der Waals surface area (Å²) in [5, 5.41) is 12.2. The van der Waals surface area contributed by atoms with Crippen molar-refractivity contribution in [2.75, 3.05) is 0 Å². The summed E-state index contributed by atoms with van der Waals surface area (Å²) in [6, 6.07) is 11.6. The fraction of sp³-hybridized carbons (Fsp3) is 0.538. The minimum absolute atomic E-state index is 0. The molecule has 0 saturated carbocycles. The van der Waals surface area contributed by atoms with Gasteiger partial charge in [-0.25, -0.2) is 0 Å². The first kappa shape index (κ1) is 30.6. The zero-order valence-electron chi connectivity index (χ0n) is 20.2. The van der Waals surface area contributed by atoms with Crippen molar-refractivity contribution < 1.29 is 74.2 Å². The molecule has 0 amide bonds. The number of ether oxygens (including phenoxy) is 1. The van der Waals surface area contributed by atoms with Crippen LogP contribution in [0.1, 0.15) is 89.5 Å². The van der Waals surface area contributed by atoms with Crippen molar-refractivity contribution in [2.45, 2.75) is 95.3 Å². The maximum atomic E-state index is 12.2. The van der Waals surface area contributed by atoms with Crippen molar-refractivity contribution in [3.8, 4) is 17.2 Å². The van der Waals surface area contributed by atoms with Crippen LogP contribution in [0.15, 0.2) is 47.4 Å². The van der Waals surface area contributed by atoms with E-state index in [1.165, 1.54) is 57.4 Å². The van der Waals surface area contributed by atoms with Crippen LogP contribution in [-0.4, -0.2) is 13.0 Å². The van der Waals surface area contributed by atoms with Crippen molar-refractivity contribution in [1.82, 2.24) is 0 Å². The number of unbranched alkanes of at least 4 members (excludes halogenated alkanes) is 11. The SMILES string of the molecule is CCCCCCCCCCCCCCc1c(Oc2ccccc2)ccc([O-])c1S(=O)(=O)O.[K+]. The van der Waals surface area contributed by atoms with E-state index in [0.29, 0.717) is 17.9 Å². The second-order valence-corrected chi connectivity index (χ2v) is 9.76. The molecule has 33 heavy (non-hydrogen) atoms. The summed E-state index contributed by atoms with van der Waals surface area (Å²) in [7, 11) is -4.64. The zero-order valence-corrected chi connectivity index (χ0v) is 24.2. The molecule has 0 aliphatic carbocycles. The quantitative estimate of drug-likeness (QED) is 0.213. The molecule has 0 atom stereocenters. The van der Waals surface area contributed by atoms with Crippen LogP contribution < -0.4 is 61.2 Å². The third-order valence-corrected chi connectivity index (χ3v) is 6.65. The third-order valence-electron chi connectivity index (χ3n) is 5.69. The summed E-state index contributed by atoms with van der Waals surface area (Å²) < 4.78 is 39.3. The van der Waals surface area contributed by atoms with Gasteiger partial charge in [0, 0.05) is 5.56 Å². The standard InChI is InChI=1S/C26H38O5S.K/c1-2-3-4-5-6-7-8-9-10-11-12-16-19-23-25(31-22-17-14-13-15-18-22)21-20-24(27)26(23)32(28,29)30;/h13-15,17-18,20-21,27H,2-12,16,19H2,1H3,(H,28,29,30);/q;+1/p-1. The van der Waals surface area contributed by atoms with Gasteiger partial charge in [0.05, 0.1) is 4.90 Å². The molecule has 2 rings (SSSR count). The Kier molecular flexibility index (Phi) is 15.9. The largest absolute Gasteiger partial charge is 1.00 e. The first-order valence-electron chi connectivity index (χ1n) is 12.0. The van der Waals surface area contributed by atoms with Crippen LogP contribution >= 0.6 is 0 Å². The van der Waals surface area contributed by atoms with Crippen LogP contribution in [0.25, 0.3) is 0 Å². The van der Waals surface area contributed by atoms with Crippen molar-refractivity contribution in [1.29, 1.82) is 0 Å². The van der Waals surface area contributed by atoms with E-state index >= 15 is 0 Å². The van der Waals surface area contributed by atoms with E-state index in [1.807, 2.05) is 18.2 Å². The number of hydrogen-bond donors (Lipinski definition) is 1. The summed E-state index contributed by atoms with van der Waals surface area (Å²) in [5.41, 5.74) is 0.260. The molecule has 0 bridgehead atoms. The van der Waals surface area contributed by atoms with Gasteiger partial charge in [0.1, 0.15) is 11.5 Å². The van der Waals surface area contributed by atoms with Gasteiger partial charge >= 0.3 is 51.4 Å². The Labute approximate surface area is 242 Å². The predicted molar refractivity (Wildman–Crippen MR) is 127 cm³/mol. The molecule has 0 spiro atoms. The summed E-state index contributed by atoms with van der Waals surface area (Å²) >= 11 is 0. The Morgan fingerprint density at radius 3 is 1.82 bits per heavy atom. The number of benzene rings is 2. The van der Waals surface area contributed by atoms with Gasteiger partial charge in [0.15, 0.2) is 0 Å². The Hall–Kier alpha value is -0.414. The fourth-order valence-electron chi connectivity index (χ4n) is 3.96. The summed E-state index contributed by atoms with van der Waals surface area (Å²) in [6.07, 6.45) is 14.7. The topological polar surface area (TPSA) is 86.7 Å². The third kappa shape index (κ3) is 11.7. The van der Waals surface area contributed by atoms with Crippen molar-refractivity contribution in [3.05, 3.63) is 48.0 Å². The Bertz CT molecular complexity index is 900. The molecule has 0 aliphatic heterocycles. The van der Waals surface area contributed by atoms with Gasteiger partial charge in [-0.1, -0.05) is 108 Å². The number of rotatable bonds is 16. The van der Waals surface area contributed by atoms with E-state index in [9.17, 15) is 18.1 Å². The maximum absolute atomic E-state index is 12.2. The van der Waals surface area contributed by atoms with Crippen LogP contribution in [0.2, 0.25) is 0 Å². The molecular weight excluding hydrogens is 463 g/mol. The zero-order chi connectivity index (χ0) is 23.2. The number of hydrogen-bond acceptors (Lipinski definition) is 4. The summed E-state index contributed by atoms with van der Waals surface area (Å²) in [5.74, 6) is 0.136. The average molecular weight is 501 g/mol. The predicted octanol–water partition coefficient (Wildman–Crippen LogP) is 4.05. The van der Waals surface area contributed by atoms with Crippen LogP contribution in [0.4, 0.5) is 0 Å². The van der Waals surface area contributed by atoms with Crippen LogP contribution in [-0.2, 0) is 16.5 Å². The van der Waals surface area contributed by atoms with E-state index in [-0.39, 0.29) is 56.9 Å². The van der Waals surface area contributed by atoms with E-state index < -0.39 is 20.8 Å². The molecule has 5 nitrogen and oxygen atoms in total. The minimum atomic E-state index is -4.64. The van der Waals surface area contributed by atoms with E-state index in [1.54, 1.807) is 12.1 Å². The first-order chi connectivity index (χ1) is 15.4. The number of para-hydroxylation sites is 1. The van der Waals surface area contributed by atoms with Gasteiger partial charge < -0.3 is 9.84 Å². The van der Waals surface area contributed by atoms with Crippen molar-refractivity contribution in [3.63, 3.8) is 0 Å². The molecule has 0 fully saturated rings. The smallest absolute Gasteiger partial charge is 0.872 e. The van der Waals surface area contributed by atoms with Crippen LogP contribution in [0.3, 0.4) is 0 Å². The molecule has 1 N–H and O–H groups in total. The molecule has 2 aromatic rings. The summed E-state index contributed by atoms with van der Waals surface area (Å²) in [6.45, 7) is 2.23. The molecule has 2 aromatic carbocycles. The molecule has 7 heteroatoms. The Morgan fingerprint density at radius 1 is 0.788 bits per heavy atom. The Morgan fingerprint density at radius 2 is 1.30 bits per heavy atom. The molecule has 178 valence electrons. The average Bonchev–Trinajstić information content (AvgIpc) is 2.76. The van der Waals surface area contributed by atoms with E-state index in [2.05, 4.69) is 6.92 Å². The Balaban J connectivity index is 0.00000544. The van der Waals surface area contributed by atoms with E-state index in [0.717, 1.165) is 31.7 Å². The van der Waals surface area contributed by atoms with Crippen LogP contribution in [0, 0.1) is 0 Å².